The Bertz CT molecular complexity index is 1490. The topological polar surface area (TPSA) is 87.2 Å². The molecule has 0 saturated carbocycles. The molecule has 2 N–H and O–H groups in total. The molecule has 0 unspecified atom stereocenters. The van der Waals surface area contributed by atoms with Crippen molar-refractivity contribution >= 4 is 38.0 Å². The third kappa shape index (κ3) is 5.33. The van der Waals surface area contributed by atoms with Gasteiger partial charge < -0.3 is 10.1 Å². The maximum Gasteiger partial charge on any atom is 0.307 e. The lowest BCUT2D eigenvalue weighted by Gasteiger charge is -2.12. The standard InChI is InChI=1S/C25H20FNO4S2/c1-16-2-10-22-18(14-27-23(22)12-16)13-19(25(28)29)15-33(30,31)24-11-9-21(32-24)8-5-17-3-6-20(26)7-4-17/h2-4,6-7,9-12,14,19,27H,13,15H2,1H3,(H,28,29)/t19-/m0/s1. The first-order valence-electron chi connectivity index (χ1n) is 10.1. The van der Waals surface area contributed by atoms with Crippen molar-refractivity contribution in [2.75, 3.05) is 5.75 Å². The maximum absolute atomic E-state index is 13.0. The van der Waals surface area contributed by atoms with Crippen LogP contribution in [0.2, 0.25) is 0 Å². The first-order chi connectivity index (χ1) is 15.7. The van der Waals surface area contributed by atoms with Crippen molar-refractivity contribution in [1.82, 2.24) is 4.98 Å². The average Bonchev–Trinajstić information content (AvgIpc) is 3.40. The molecule has 0 saturated heterocycles. The van der Waals surface area contributed by atoms with Crippen molar-refractivity contribution < 1.29 is 22.7 Å². The highest BCUT2D eigenvalue weighted by molar-refractivity contribution is 7.93. The average molecular weight is 482 g/mol. The minimum absolute atomic E-state index is 0.0757. The highest BCUT2D eigenvalue weighted by Gasteiger charge is 2.28. The number of sulfone groups is 1. The van der Waals surface area contributed by atoms with Crippen LogP contribution in [-0.2, 0) is 21.1 Å². The number of aromatic nitrogens is 1. The van der Waals surface area contributed by atoms with Gasteiger partial charge in [-0.05, 0) is 66.9 Å². The van der Waals surface area contributed by atoms with E-state index in [1.807, 2.05) is 25.1 Å². The summed E-state index contributed by atoms with van der Waals surface area (Å²) in [5, 5.41) is 10.6. The zero-order valence-electron chi connectivity index (χ0n) is 17.6. The third-order valence-corrected chi connectivity index (χ3v) is 8.62. The molecule has 2 heterocycles. The van der Waals surface area contributed by atoms with Gasteiger partial charge in [0.05, 0.1) is 16.5 Å². The van der Waals surface area contributed by atoms with Crippen LogP contribution in [0.5, 0.6) is 0 Å². The summed E-state index contributed by atoms with van der Waals surface area (Å²) in [7, 11) is -3.83. The molecule has 5 nitrogen and oxygen atoms in total. The van der Waals surface area contributed by atoms with Crippen LogP contribution in [0.4, 0.5) is 4.39 Å². The molecule has 0 amide bonds. The minimum atomic E-state index is -3.83. The Kier molecular flexibility index (Phi) is 6.36. The Morgan fingerprint density at radius 2 is 1.88 bits per heavy atom. The van der Waals surface area contributed by atoms with Crippen molar-refractivity contribution in [3.63, 3.8) is 0 Å². The lowest BCUT2D eigenvalue weighted by atomic mass is 10.0. The molecule has 33 heavy (non-hydrogen) atoms. The Hall–Kier alpha value is -3.41. The van der Waals surface area contributed by atoms with E-state index in [0.29, 0.717) is 10.4 Å². The van der Waals surface area contributed by atoms with E-state index in [4.69, 9.17) is 0 Å². The van der Waals surface area contributed by atoms with Gasteiger partial charge >= 0.3 is 5.97 Å². The normalized spacial score (nSPS) is 12.3. The predicted molar refractivity (Wildman–Crippen MR) is 127 cm³/mol. The Morgan fingerprint density at radius 1 is 1.12 bits per heavy atom. The Balaban J connectivity index is 1.52. The van der Waals surface area contributed by atoms with Gasteiger partial charge in [0.15, 0.2) is 9.84 Å². The van der Waals surface area contributed by atoms with E-state index >= 15 is 0 Å². The summed E-state index contributed by atoms with van der Waals surface area (Å²) in [6.45, 7) is 1.96. The number of aryl methyl sites for hydroxylation is 1. The fourth-order valence-corrected chi connectivity index (χ4v) is 6.32. The molecule has 2 aromatic heterocycles. The van der Waals surface area contributed by atoms with E-state index < -0.39 is 27.5 Å². The van der Waals surface area contributed by atoms with Gasteiger partial charge in [-0.2, -0.15) is 0 Å². The second-order valence-corrected chi connectivity index (χ2v) is 11.1. The first-order valence-corrected chi connectivity index (χ1v) is 12.6. The lowest BCUT2D eigenvalue weighted by Crippen LogP contribution is -2.25. The number of halogens is 1. The van der Waals surface area contributed by atoms with Crippen LogP contribution in [0.1, 0.15) is 21.6 Å². The van der Waals surface area contributed by atoms with Crippen LogP contribution in [0.3, 0.4) is 0 Å². The second-order valence-electron chi connectivity index (χ2n) is 7.76. The zero-order valence-corrected chi connectivity index (χ0v) is 19.3. The Labute approximate surface area is 194 Å². The smallest absolute Gasteiger partial charge is 0.307 e. The van der Waals surface area contributed by atoms with Crippen molar-refractivity contribution in [3.05, 3.63) is 88.2 Å². The highest BCUT2D eigenvalue weighted by Crippen LogP contribution is 2.27. The molecule has 0 aliphatic carbocycles. The SMILES string of the molecule is Cc1ccc2c(C[C@@H](CS(=O)(=O)c3ccc(C#Cc4ccc(F)cc4)s3)C(=O)O)c[nH]c2c1. The van der Waals surface area contributed by atoms with Gasteiger partial charge in [0.2, 0.25) is 0 Å². The van der Waals surface area contributed by atoms with E-state index in [0.717, 1.165) is 33.4 Å². The summed E-state index contributed by atoms with van der Waals surface area (Å²) in [6, 6.07) is 14.5. The van der Waals surface area contributed by atoms with Crippen LogP contribution in [-0.4, -0.2) is 30.2 Å². The third-order valence-electron chi connectivity index (χ3n) is 5.22. The highest BCUT2D eigenvalue weighted by atomic mass is 32.2. The number of benzene rings is 2. The molecular formula is C25H20FNO4S2. The lowest BCUT2D eigenvalue weighted by molar-refractivity contribution is -0.140. The van der Waals surface area contributed by atoms with Gasteiger partial charge in [-0.1, -0.05) is 24.0 Å². The molecule has 0 aliphatic heterocycles. The number of thiophene rings is 1. The summed E-state index contributed by atoms with van der Waals surface area (Å²) in [5.74, 6) is 2.62. The number of nitrogens with one attached hydrogen (secondary N) is 1. The number of carbonyl (C=O) groups is 1. The summed E-state index contributed by atoms with van der Waals surface area (Å²) in [4.78, 5) is 15.5. The van der Waals surface area contributed by atoms with Gasteiger partial charge in [-0.15, -0.1) is 11.3 Å². The number of hydrogen-bond acceptors (Lipinski definition) is 4. The van der Waals surface area contributed by atoms with Crippen LogP contribution in [0.25, 0.3) is 10.9 Å². The maximum atomic E-state index is 13.0. The number of aliphatic carboxylic acids is 1. The molecule has 0 aliphatic rings. The zero-order chi connectivity index (χ0) is 23.6. The largest absolute Gasteiger partial charge is 0.481 e. The van der Waals surface area contributed by atoms with Gasteiger partial charge in [0, 0.05) is 22.7 Å². The molecule has 0 radical (unpaired) electrons. The van der Waals surface area contributed by atoms with E-state index in [-0.39, 0.29) is 16.4 Å². The monoisotopic (exact) mass is 481 g/mol. The van der Waals surface area contributed by atoms with Gasteiger partial charge in [0.1, 0.15) is 10.0 Å². The molecule has 1 atom stereocenters. The molecular weight excluding hydrogens is 461 g/mol. The summed E-state index contributed by atoms with van der Waals surface area (Å²) in [5.41, 5.74) is 3.34. The number of H-pyrrole nitrogens is 1. The predicted octanol–water partition coefficient (Wildman–Crippen LogP) is 4.79. The quantitative estimate of drug-likeness (QED) is 0.388. The van der Waals surface area contributed by atoms with Crippen LogP contribution < -0.4 is 0 Å². The molecule has 0 bridgehead atoms. The van der Waals surface area contributed by atoms with Crippen LogP contribution in [0, 0.1) is 30.5 Å². The molecule has 0 fully saturated rings. The van der Waals surface area contributed by atoms with Gasteiger partial charge in [0.25, 0.3) is 0 Å². The molecule has 168 valence electrons. The van der Waals surface area contributed by atoms with Crippen LogP contribution in [0.15, 0.2) is 65.0 Å². The van der Waals surface area contributed by atoms with E-state index in [2.05, 4.69) is 16.8 Å². The molecule has 2 aromatic carbocycles. The van der Waals surface area contributed by atoms with Crippen LogP contribution >= 0.6 is 11.3 Å². The summed E-state index contributed by atoms with van der Waals surface area (Å²) < 4.78 is 39.0. The fourth-order valence-electron chi connectivity index (χ4n) is 3.52. The van der Waals surface area contributed by atoms with E-state index in [9.17, 15) is 22.7 Å². The molecule has 4 aromatic rings. The second kappa shape index (κ2) is 9.22. The molecule has 0 spiro atoms. The number of carboxylic acids is 1. The molecule has 8 heteroatoms. The molecule has 4 rings (SSSR count). The number of hydrogen-bond donors (Lipinski definition) is 2. The van der Waals surface area contributed by atoms with Crippen molar-refractivity contribution in [2.45, 2.75) is 17.6 Å². The minimum Gasteiger partial charge on any atom is -0.481 e. The number of fused-ring (bicyclic) bond motifs is 1. The van der Waals surface area contributed by atoms with Crippen molar-refractivity contribution in [1.29, 1.82) is 0 Å². The van der Waals surface area contributed by atoms with Gasteiger partial charge in [-0.3, -0.25) is 4.79 Å². The number of carboxylic acid groups (broad SMARTS) is 1. The van der Waals surface area contributed by atoms with Crippen molar-refractivity contribution in [2.24, 2.45) is 5.92 Å². The summed E-state index contributed by atoms with van der Waals surface area (Å²) >= 11 is 0.993. The Morgan fingerprint density at radius 3 is 2.61 bits per heavy atom. The summed E-state index contributed by atoms with van der Waals surface area (Å²) in [6.07, 6.45) is 1.83. The first kappa shape index (κ1) is 22.8. The number of aromatic amines is 1. The van der Waals surface area contributed by atoms with E-state index in [1.54, 1.807) is 12.3 Å². The van der Waals surface area contributed by atoms with Gasteiger partial charge in [-0.25, -0.2) is 12.8 Å². The van der Waals surface area contributed by atoms with Crippen molar-refractivity contribution in [3.8, 4) is 11.8 Å². The number of rotatable bonds is 6. The fraction of sp³-hybridized carbons (Fsp3) is 0.160. The van der Waals surface area contributed by atoms with E-state index in [1.165, 1.54) is 30.3 Å².